The van der Waals surface area contributed by atoms with E-state index in [9.17, 15) is 0 Å². The van der Waals surface area contributed by atoms with E-state index in [2.05, 4.69) is 18.0 Å². The van der Waals surface area contributed by atoms with Crippen LogP contribution in [0.1, 0.15) is 21.1 Å². The predicted molar refractivity (Wildman–Crippen MR) is 65.2 cm³/mol. The Hall–Kier alpha value is -1.35. The highest BCUT2D eigenvalue weighted by atomic mass is 32.1. The van der Waals surface area contributed by atoms with Crippen molar-refractivity contribution in [3.05, 3.63) is 45.4 Å². The highest BCUT2D eigenvalue weighted by Gasteiger charge is 2.06. The summed E-state index contributed by atoms with van der Waals surface area (Å²) in [6, 6.07) is 7.96. The molecule has 0 aliphatic rings. The molecule has 1 aromatic heterocycles. The van der Waals surface area contributed by atoms with E-state index in [1.807, 2.05) is 25.1 Å². The Kier molecular flexibility index (Phi) is 2.73. The largest absolute Gasteiger partial charge is 0.398 e. The Labute approximate surface area is 93.8 Å². The van der Waals surface area contributed by atoms with E-state index in [0.717, 1.165) is 28.4 Å². The highest BCUT2D eigenvalue weighted by Crippen LogP contribution is 2.21. The van der Waals surface area contributed by atoms with Gasteiger partial charge in [-0.15, -0.1) is 11.3 Å². The first-order valence-corrected chi connectivity index (χ1v) is 5.75. The van der Waals surface area contributed by atoms with Gasteiger partial charge in [-0.3, -0.25) is 0 Å². The van der Waals surface area contributed by atoms with Crippen molar-refractivity contribution >= 4 is 17.0 Å². The summed E-state index contributed by atoms with van der Waals surface area (Å²) >= 11 is 1.75. The van der Waals surface area contributed by atoms with E-state index in [-0.39, 0.29) is 0 Å². The lowest BCUT2D eigenvalue weighted by atomic mass is 10.1. The molecule has 0 radical (unpaired) electrons. The lowest BCUT2D eigenvalue weighted by molar-refractivity contribution is 1.10. The van der Waals surface area contributed by atoms with Gasteiger partial charge in [-0.1, -0.05) is 18.2 Å². The first-order valence-electron chi connectivity index (χ1n) is 4.93. The molecule has 78 valence electrons. The smallest absolute Gasteiger partial charge is 0.0975 e. The molecule has 0 unspecified atom stereocenters. The Balaban J connectivity index is 2.26. The van der Waals surface area contributed by atoms with E-state index in [1.165, 1.54) is 4.88 Å². The molecule has 0 aliphatic heterocycles. The van der Waals surface area contributed by atoms with Gasteiger partial charge in [-0.25, -0.2) is 4.98 Å². The second-order valence-corrected chi connectivity index (χ2v) is 4.91. The number of benzene rings is 1. The topological polar surface area (TPSA) is 38.9 Å². The van der Waals surface area contributed by atoms with Gasteiger partial charge in [0.05, 0.1) is 10.7 Å². The fraction of sp³-hybridized carbons (Fsp3) is 0.250. The standard InChI is InChI=1S/C12H14N2S/c1-8-9(2)15-12(14-8)7-10-5-3-4-6-11(10)13/h3-6H,7,13H2,1-2H3. The van der Waals surface area contributed by atoms with Gasteiger partial charge in [-0.2, -0.15) is 0 Å². The molecule has 0 fully saturated rings. The maximum Gasteiger partial charge on any atom is 0.0975 e. The van der Waals surface area contributed by atoms with Crippen molar-refractivity contribution < 1.29 is 0 Å². The highest BCUT2D eigenvalue weighted by molar-refractivity contribution is 7.11. The van der Waals surface area contributed by atoms with Crippen LogP contribution < -0.4 is 5.73 Å². The fourth-order valence-corrected chi connectivity index (χ4v) is 2.43. The quantitative estimate of drug-likeness (QED) is 0.787. The zero-order valence-electron chi connectivity index (χ0n) is 8.95. The molecule has 2 nitrogen and oxygen atoms in total. The van der Waals surface area contributed by atoms with Crippen molar-refractivity contribution in [3.63, 3.8) is 0 Å². The first kappa shape index (κ1) is 10.2. The third kappa shape index (κ3) is 2.18. The van der Waals surface area contributed by atoms with Crippen LogP contribution in [0.3, 0.4) is 0 Å². The molecule has 1 heterocycles. The zero-order chi connectivity index (χ0) is 10.8. The molecule has 0 spiro atoms. The Morgan fingerprint density at radius 2 is 2.00 bits per heavy atom. The van der Waals surface area contributed by atoms with Crippen LogP contribution in [0.25, 0.3) is 0 Å². The minimum Gasteiger partial charge on any atom is -0.398 e. The van der Waals surface area contributed by atoms with Gasteiger partial charge in [0, 0.05) is 17.0 Å². The molecule has 2 rings (SSSR count). The van der Waals surface area contributed by atoms with Crippen molar-refractivity contribution in [3.8, 4) is 0 Å². The van der Waals surface area contributed by atoms with Crippen LogP contribution >= 0.6 is 11.3 Å². The summed E-state index contributed by atoms with van der Waals surface area (Å²) in [4.78, 5) is 5.80. The average molecular weight is 218 g/mol. The molecule has 0 atom stereocenters. The Bertz CT molecular complexity index is 455. The molecular formula is C12H14N2S. The number of aromatic nitrogens is 1. The zero-order valence-corrected chi connectivity index (χ0v) is 9.77. The second-order valence-electron chi connectivity index (χ2n) is 3.62. The van der Waals surface area contributed by atoms with Crippen molar-refractivity contribution in [2.45, 2.75) is 20.3 Å². The summed E-state index contributed by atoms with van der Waals surface area (Å²) in [6.07, 6.45) is 0.839. The predicted octanol–water partition coefficient (Wildman–Crippen LogP) is 2.93. The summed E-state index contributed by atoms with van der Waals surface area (Å²) in [6.45, 7) is 4.15. The molecule has 15 heavy (non-hydrogen) atoms. The third-order valence-electron chi connectivity index (χ3n) is 2.47. The number of rotatable bonds is 2. The molecule has 2 N–H and O–H groups in total. The van der Waals surface area contributed by atoms with Crippen molar-refractivity contribution in [1.29, 1.82) is 0 Å². The minimum absolute atomic E-state index is 0.839. The summed E-state index contributed by atoms with van der Waals surface area (Å²) < 4.78 is 0. The molecule has 0 aliphatic carbocycles. The first-order chi connectivity index (χ1) is 7.16. The van der Waals surface area contributed by atoms with Crippen molar-refractivity contribution in [1.82, 2.24) is 4.98 Å². The summed E-state index contributed by atoms with van der Waals surface area (Å²) in [5.41, 5.74) is 9.03. The Morgan fingerprint density at radius 1 is 1.27 bits per heavy atom. The molecule has 0 amide bonds. The average Bonchev–Trinajstić information content (AvgIpc) is 2.50. The number of aryl methyl sites for hydroxylation is 2. The van der Waals surface area contributed by atoms with Crippen LogP contribution in [0.2, 0.25) is 0 Å². The van der Waals surface area contributed by atoms with Crippen molar-refractivity contribution in [2.75, 3.05) is 5.73 Å². The van der Waals surface area contributed by atoms with Gasteiger partial charge in [0.1, 0.15) is 0 Å². The normalized spacial score (nSPS) is 10.5. The Morgan fingerprint density at radius 3 is 2.60 bits per heavy atom. The second kappa shape index (κ2) is 4.03. The van der Waals surface area contributed by atoms with E-state index in [4.69, 9.17) is 5.73 Å². The lowest BCUT2D eigenvalue weighted by Gasteiger charge is -2.01. The summed E-state index contributed by atoms with van der Waals surface area (Å²) in [7, 11) is 0. The van der Waals surface area contributed by atoms with Crippen LogP contribution in [0.15, 0.2) is 24.3 Å². The number of para-hydroxylation sites is 1. The van der Waals surface area contributed by atoms with Gasteiger partial charge in [0.15, 0.2) is 0 Å². The molecule has 3 heteroatoms. The maximum absolute atomic E-state index is 5.89. The van der Waals surface area contributed by atoms with Gasteiger partial charge in [0.25, 0.3) is 0 Å². The van der Waals surface area contributed by atoms with Crippen LogP contribution in [0.5, 0.6) is 0 Å². The number of anilines is 1. The SMILES string of the molecule is Cc1nc(Cc2ccccc2N)sc1C. The minimum atomic E-state index is 0.839. The maximum atomic E-state index is 5.89. The number of thiazole rings is 1. The molecule has 0 saturated heterocycles. The van der Waals surface area contributed by atoms with Crippen molar-refractivity contribution in [2.24, 2.45) is 0 Å². The molecule has 1 aromatic carbocycles. The van der Waals surface area contributed by atoms with Crippen LogP contribution in [-0.2, 0) is 6.42 Å². The summed E-state index contributed by atoms with van der Waals surface area (Å²) in [5, 5.41) is 1.14. The van der Waals surface area contributed by atoms with Crippen LogP contribution in [0.4, 0.5) is 5.69 Å². The monoisotopic (exact) mass is 218 g/mol. The number of nitrogen functional groups attached to an aromatic ring is 1. The fourth-order valence-electron chi connectivity index (χ4n) is 1.47. The number of hydrogen-bond donors (Lipinski definition) is 1. The molecule has 0 saturated carbocycles. The summed E-state index contributed by atoms with van der Waals surface area (Å²) in [5.74, 6) is 0. The van der Waals surface area contributed by atoms with E-state index in [0.29, 0.717) is 0 Å². The lowest BCUT2D eigenvalue weighted by Crippen LogP contribution is -1.94. The third-order valence-corrected chi connectivity index (χ3v) is 3.54. The number of hydrogen-bond acceptors (Lipinski definition) is 3. The van der Waals surface area contributed by atoms with E-state index < -0.39 is 0 Å². The molecular weight excluding hydrogens is 204 g/mol. The van der Waals surface area contributed by atoms with E-state index >= 15 is 0 Å². The van der Waals surface area contributed by atoms with Crippen LogP contribution in [-0.4, -0.2) is 4.98 Å². The molecule has 0 bridgehead atoms. The van der Waals surface area contributed by atoms with Gasteiger partial charge < -0.3 is 5.73 Å². The number of nitrogens with zero attached hydrogens (tertiary/aromatic N) is 1. The number of nitrogens with two attached hydrogens (primary N) is 1. The van der Waals surface area contributed by atoms with Gasteiger partial charge in [-0.05, 0) is 25.5 Å². The van der Waals surface area contributed by atoms with Gasteiger partial charge >= 0.3 is 0 Å². The van der Waals surface area contributed by atoms with E-state index in [1.54, 1.807) is 11.3 Å². The van der Waals surface area contributed by atoms with Gasteiger partial charge in [0.2, 0.25) is 0 Å². The van der Waals surface area contributed by atoms with Crippen LogP contribution in [0, 0.1) is 13.8 Å². The molecule has 2 aromatic rings.